The van der Waals surface area contributed by atoms with E-state index >= 15 is 0 Å². The van der Waals surface area contributed by atoms with Gasteiger partial charge in [-0.3, -0.25) is 4.79 Å². The molecule has 2 fully saturated rings. The van der Waals surface area contributed by atoms with Crippen molar-refractivity contribution in [3.63, 3.8) is 0 Å². The van der Waals surface area contributed by atoms with E-state index in [0.717, 1.165) is 58.1 Å². The van der Waals surface area contributed by atoms with Crippen molar-refractivity contribution < 1.29 is 9.53 Å². The molecule has 4 heteroatoms. The van der Waals surface area contributed by atoms with Crippen LogP contribution in [-0.4, -0.2) is 31.2 Å². The van der Waals surface area contributed by atoms with Crippen molar-refractivity contribution in [3.05, 3.63) is 0 Å². The molecule has 0 aromatic carbocycles. The smallest absolute Gasteiger partial charge is 0.220 e. The molecule has 0 aromatic heterocycles. The van der Waals surface area contributed by atoms with Gasteiger partial charge in [0.15, 0.2) is 0 Å². The molecule has 1 aliphatic carbocycles. The molecule has 1 aliphatic heterocycles. The molecule has 0 aromatic rings. The van der Waals surface area contributed by atoms with Crippen LogP contribution in [0.2, 0.25) is 0 Å². The minimum atomic E-state index is 0.181. The first kappa shape index (κ1) is 13.8. The quantitative estimate of drug-likeness (QED) is 0.783. The predicted octanol–water partition coefficient (Wildman–Crippen LogP) is 1.58. The lowest BCUT2D eigenvalue weighted by molar-refractivity contribution is -0.121. The molecule has 1 unspecified atom stereocenters. The van der Waals surface area contributed by atoms with Crippen LogP contribution >= 0.6 is 0 Å². The first-order chi connectivity index (χ1) is 8.74. The molecular weight excluding hydrogens is 228 g/mol. The lowest BCUT2D eigenvalue weighted by Crippen LogP contribution is -2.34. The number of hydrogen-bond donors (Lipinski definition) is 2. The molecule has 2 rings (SSSR count). The zero-order chi connectivity index (χ0) is 12.8. The molecule has 1 saturated heterocycles. The second kappa shape index (κ2) is 7.10. The summed E-state index contributed by atoms with van der Waals surface area (Å²) in [5.74, 6) is 0.817. The van der Waals surface area contributed by atoms with Crippen molar-refractivity contribution in [1.82, 2.24) is 5.32 Å². The first-order valence-electron chi connectivity index (χ1n) is 7.38. The van der Waals surface area contributed by atoms with E-state index in [0.29, 0.717) is 24.5 Å². The van der Waals surface area contributed by atoms with Gasteiger partial charge in [-0.05, 0) is 50.9 Å². The third-order valence-corrected chi connectivity index (χ3v) is 4.20. The van der Waals surface area contributed by atoms with Crippen LogP contribution in [0, 0.1) is 5.92 Å². The highest BCUT2D eigenvalue weighted by molar-refractivity contribution is 5.75. The molecule has 18 heavy (non-hydrogen) atoms. The molecule has 1 atom stereocenters. The predicted molar refractivity (Wildman–Crippen MR) is 71.2 cm³/mol. The van der Waals surface area contributed by atoms with Gasteiger partial charge in [0.05, 0.1) is 6.10 Å². The summed E-state index contributed by atoms with van der Waals surface area (Å²) >= 11 is 0. The van der Waals surface area contributed by atoms with Crippen LogP contribution in [0.4, 0.5) is 0 Å². The Morgan fingerprint density at radius 1 is 1.22 bits per heavy atom. The molecule has 3 N–H and O–H groups in total. The zero-order valence-corrected chi connectivity index (χ0v) is 11.2. The van der Waals surface area contributed by atoms with E-state index in [1.54, 1.807) is 0 Å². The van der Waals surface area contributed by atoms with Crippen LogP contribution < -0.4 is 11.1 Å². The fourth-order valence-corrected chi connectivity index (χ4v) is 2.90. The number of nitrogens with two attached hydrogens (primary N) is 1. The Balaban J connectivity index is 1.54. The molecular formula is C14H26N2O2. The van der Waals surface area contributed by atoms with Gasteiger partial charge < -0.3 is 15.8 Å². The molecule has 1 saturated carbocycles. The first-order valence-corrected chi connectivity index (χ1v) is 7.38. The van der Waals surface area contributed by atoms with E-state index in [-0.39, 0.29) is 5.91 Å². The van der Waals surface area contributed by atoms with Gasteiger partial charge in [-0.2, -0.15) is 0 Å². The second-order valence-corrected chi connectivity index (χ2v) is 5.76. The number of nitrogens with one attached hydrogen (secondary N) is 1. The van der Waals surface area contributed by atoms with Crippen LogP contribution in [0.5, 0.6) is 0 Å². The standard InChI is InChI=1S/C14H26N2O2/c15-12-5-3-11(4-6-12)10-16-14(17)8-7-13-2-1-9-18-13/h11-13H,1-10,15H2,(H,16,17). The number of hydrogen-bond acceptors (Lipinski definition) is 3. The summed E-state index contributed by atoms with van der Waals surface area (Å²) in [6, 6.07) is 0.386. The van der Waals surface area contributed by atoms with Gasteiger partial charge in [-0.25, -0.2) is 0 Å². The fraction of sp³-hybridized carbons (Fsp3) is 0.929. The molecule has 0 spiro atoms. The summed E-state index contributed by atoms with van der Waals surface area (Å²) < 4.78 is 5.52. The normalized spacial score (nSPS) is 32.4. The lowest BCUT2D eigenvalue weighted by Gasteiger charge is -2.26. The van der Waals surface area contributed by atoms with E-state index in [1.807, 2.05) is 0 Å². The maximum Gasteiger partial charge on any atom is 0.220 e. The highest BCUT2D eigenvalue weighted by atomic mass is 16.5. The molecule has 4 nitrogen and oxygen atoms in total. The average molecular weight is 254 g/mol. The molecule has 1 heterocycles. The number of ether oxygens (including phenoxy) is 1. The van der Waals surface area contributed by atoms with Crippen molar-refractivity contribution in [1.29, 1.82) is 0 Å². The average Bonchev–Trinajstić information content (AvgIpc) is 2.89. The van der Waals surface area contributed by atoms with Gasteiger partial charge in [0.1, 0.15) is 0 Å². The van der Waals surface area contributed by atoms with Gasteiger partial charge in [0.25, 0.3) is 0 Å². The van der Waals surface area contributed by atoms with Crippen molar-refractivity contribution in [2.24, 2.45) is 11.7 Å². The Hall–Kier alpha value is -0.610. The number of rotatable bonds is 5. The van der Waals surface area contributed by atoms with Gasteiger partial charge in [-0.1, -0.05) is 0 Å². The van der Waals surface area contributed by atoms with E-state index in [2.05, 4.69) is 5.32 Å². The summed E-state index contributed by atoms with van der Waals surface area (Å²) in [7, 11) is 0. The number of carbonyl (C=O) groups is 1. The maximum atomic E-state index is 11.7. The summed E-state index contributed by atoms with van der Waals surface area (Å²) in [6.07, 6.45) is 8.61. The van der Waals surface area contributed by atoms with Crippen molar-refractivity contribution in [3.8, 4) is 0 Å². The van der Waals surface area contributed by atoms with Crippen LogP contribution in [0.15, 0.2) is 0 Å². The Morgan fingerprint density at radius 2 is 2.00 bits per heavy atom. The van der Waals surface area contributed by atoms with E-state index < -0.39 is 0 Å². The van der Waals surface area contributed by atoms with E-state index in [9.17, 15) is 4.79 Å². The molecule has 0 radical (unpaired) electrons. The summed E-state index contributed by atoms with van der Waals surface area (Å²) in [6.45, 7) is 1.70. The monoisotopic (exact) mass is 254 g/mol. The number of carbonyl (C=O) groups excluding carboxylic acids is 1. The Morgan fingerprint density at radius 3 is 2.67 bits per heavy atom. The van der Waals surface area contributed by atoms with E-state index in [1.165, 1.54) is 0 Å². The summed E-state index contributed by atoms with van der Waals surface area (Å²) in [4.78, 5) is 11.7. The topological polar surface area (TPSA) is 64.3 Å². The van der Waals surface area contributed by atoms with E-state index in [4.69, 9.17) is 10.5 Å². The SMILES string of the molecule is NC1CCC(CNC(=O)CCC2CCCO2)CC1. The van der Waals surface area contributed by atoms with Crippen molar-refractivity contribution >= 4 is 5.91 Å². The van der Waals surface area contributed by atoms with Gasteiger partial charge >= 0.3 is 0 Å². The highest BCUT2D eigenvalue weighted by Gasteiger charge is 2.20. The molecule has 0 bridgehead atoms. The number of amides is 1. The maximum absolute atomic E-state index is 11.7. The van der Waals surface area contributed by atoms with Crippen LogP contribution in [0.3, 0.4) is 0 Å². The minimum absolute atomic E-state index is 0.181. The summed E-state index contributed by atoms with van der Waals surface area (Å²) in [5, 5.41) is 3.06. The highest BCUT2D eigenvalue weighted by Crippen LogP contribution is 2.22. The molecule has 2 aliphatic rings. The van der Waals surface area contributed by atoms with Crippen LogP contribution in [0.1, 0.15) is 51.4 Å². The second-order valence-electron chi connectivity index (χ2n) is 5.76. The van der Waals surface area contributed by atoms with Gasteiger partial charge in [0, 0.05) is 25.6 Å². The Labute approximate surface area is 110 Å². The van der Waals surface area contributed by atoms with Gasteiger partial charge in [0.2, 0.25) is 5.91 Å². The Bertz CT molecular complexity index is 257. The minimum Gasteiger partial charge on any atom is -0.378 e. The zero-order valence-electron chi connectivity index (χ0n) is 11.2. The van der Waals surface area contributed by atoms with Crippen molar-refractivity contribution in [2.45, 2.75) is 63.5 Å². The fourth-order valence-electron chi connectivity index (χ4n) is 2.90. The summed E-state index contributed by atoms with van der Waals surface area (Å²) in [5.41, 5.74) is 5.87. The largest absolute Gasteiger partial charge is 0.378 e. The van der Waals surface area contributed by atoms with Crippen molar-refractivity contribution in [2.75, 3.05) is 13.2 Å². The van der Waals surface area contributed by atoms with Crippen LogP contribution in [0.25, 0.3) is 0 Å². The van der Waals surface area contributed by atoms with Gasteiger partial charge in [-0.15, -0.1) is 0 Å². The third kappa shape index (κ3) is 4.58. The Kier molecular flexibility index (Phi) is 5.45. The third-order valence-electron chi connectivity index (χ3n) is 4.20. The lowest BCUT2D eigenvalue weighted by atomic mass is 9.86. The van der Waals surface area contributed by atoms with Crippen LogP contribution in [-0.2, 0) is 9.53 Å². The molecule has 104 valence electrons. The molecule has 1 amide bonds.